The second-order valence-corrected chi connectivity index (χ2v) is 6.15. The molecule has 0 fully saturated rings. The molecule has 0 aliphatic heterocycles. The molecule has 1 atom stereocenters. The molecule has 0 radical (unpaired) electrons. The zero-order valence-electron chi connectivity index (χ0n) is 11.7. The highest BCUT2D eigenvalue weighted by atomic mass is 32.2. The molecule has 8 heteroatoms. The number of pyridine rings is 1. The number of nitrogens with zero attached hydrogens (tertiary/aromatic N) is 3. The van der Waals surface area contributed by atoms with E-state index in [0.717, 1.165) is 12.3 Å². The van der Waals surface area contributed by atoms with E-state index in [1.165, 1.54) is 17.8 Å². The van der Waals surface area contributed by atoms with Crippen molar-refractivity contribution in [3.05, 3.63) is 35.6 Å². The maximum absolute atomic E-state index is 12.4. The van der Waals surface area contributed by atoms with E-state index in [9.17, 15) is 13.2 Å². The lowest BCUT2D eigenvalue weighted by molar-refractivity contribution is -0.137. The normalized spacial score (nSPS) is 13.7. The van der Waals surface area contributed by atoms with Crippen LogP contribution in [0.25, 0.3) is 0 Å². The average molecular weight is 317 g/mol. The van der Waals surface area contributed by atoms with Crippen molar-refractivity contribution in [3.63, 3.8) is 0 Å². The molecule has 2 aromatic rings. The largest absolute Gasteiger partial charge is 0.417 e. The van der Waals surface area contributed by atoms with E-state index >= 15 is 0 Å². The predicted octanol–water partition coefficient (Wildman–Crippen LogP) is 4.46. The minimum atomic E-state index is -4.37. The van der Waals surface area contributed by atoms with Gasteiger partial charge in [0.05, 0.1) is 15.8 Å². The molecule has 1 unspecified atom stereocenters. The van der Waals surface area contributed by atoms with Crippen LogP contribution >= 0.6 is 11.8 Å². The van der Waals surface area contributed by atoms with Crippen LogP contribution in [-0.2, 0) is 6.18 Å². The highest BCUT2D eigenvalue weighted by molar-refractivity contribution is 7.99. The standard InChI is InChI=1S/C13H14F3N3OS/c1-7(2)11-18-12(20-19-11)8(3)21-10-5-4-9(6-17-10)13(14,15)16/h4-8H,1-3H3. The Hall–Kier alpha value is -1.57. The number of rotatable bonds is 4. The van der Waals surface area contributed by atoms with Crippen molar-refractivity contribution < 1.29 is 17.7 Å². The van der Waals surface area contributed by atoms with Gasteiger partial charge in [-0.2, -0.15) is 18.2 Å². The Labute approximate surface area is 124 Å². The zero-order valence-corrected chi connectivity index (χ0v) is 12.5. The maximum atomic E-state index is 12.4. The number of halogens is 3. The van der Waals surface area contributed by atoms with Gasteiger partial charge in [0.15, 0.2) is 5.82 Å². The summed E-state index contributed by atoms with van der Waals surface area (Å²) in [4.78, 5) is 8.06. The molecule has 0 spiro atoms. The van der Waals surface area contributed by atoms with E-state index in [-0.39, 0.29) is 11.2 Å². The maximum Gasteiger partial charge on any atom is 0.417 e. The Morgan fingerprint density at radius 2 is 1.90 bits per heavy atom. The average Bonchev–Trinajstić information content (AvgIpc) is 2.88. The van der Waals surface area contributed by atoms with Crippen LogP contribution in [0.4, 0.5) is 13.2 Å². The van der Waals surface area contributed by atoms with Gasteiger partial charge in [-0.1, -0.05) is 30.8 Å². The Morgan fingerprint density at radius 1 is 1.19 bits per heavy atom. The molecule has 0 saturated carbocycles. The van der Waals surface area contributed by atoms with Crippen molar-refractivity contribution in [2.75, 3.05) is 0 Å². The molecule has 0 N–H and O–H groups in total. The van der Waals surface area contributed by atoms with Crippen LogP contribution in [0.3, 0.4) is 0 Å². The van der Waals surface area contributed by atoms with E-state index in [1.807, 2.05) is 20.8 Å². The fraction of sp³-hybridized carbons (Fsp3) is 0.462. The Bertz CT molecular complexity index is 595. The molecular formula is C13H14F3N3OS. The van der Waals surface area contributed by atoms with E-state index in [0.29, 0.717) is 16.7 Å². The van der Waals surface area contributed by atoms with Gasteiger partial charge < -0.3 is 4.52 Å². The van der Waals surface area contributed by atoms with Gasteiger partial charge in [-0.05, 0) is 19.1 Å². The van der Waals surface area contributed by atoms with E-state index in [2.05, 4.69) is 15.1 Å². The summed E-state index contributed by atoms with van der Waals surface area (Å²) >= 11 is 1.27. The van der Waals surface area contributed by atoms with Gasteiger partial charge >= 0.3 is 6.18 Å². The minimum Gasteiger partial charge on any atom is -0.338 e. The lowest BCUT2D eigenvalue weighted by Crippen LogP contribution is -2.05. The van der Waals surface area contributed by atoms with Gasteiger partial charge in [-0.25, -0.2) is 4.98 Å². The van der Waals surface area contributed by atoms with Crippen LogP contribution in [0.5, 0.6) is 0 Å². The monoisotopic (exact) mass is 317 g/mol. The first-order valence-electron chi connectivity index (χ1n) is 6.30. The predicted molar refractivity (Wildman–Crippen MR) is 71.9 cm³/mol. The topological polar surface area (TPSA) is 51.8 Å². The first-order chi connectivity index (χ1) is 9.77. The molecule has 0 aliphatic rings. The minimum absolute atomic E-state index is 0.156. The Balaban J connectivity index is 2.06. The van der Waals surface area contributed by atoms with Gasteiger partial charge in [0.2, 0.25) is 5.89 Å². The number of thioether (sulfide) groups is 1. The van der Waals surface area contributed by atoms with Gasteiger partial charge in [0.25, 0.3) is 0 Å². The van der Waals surface area contributed by atoms with Crippen molar-refractivity contribution in [1.29, 1.82) is 0 Å². The molecule has 0 aliphatic carbocycles. The highest BCUT2D eigenvalue weighted by Crippen LogP contribution is 2.35. The summed E-state index contributed by atoms with van der Waals surface area (Å²) < 4.78 is 42.5. The van der Waals surface area contributed by atoms with E-state index in [4.69, 9.17) is 4.52 Å². The molecule has 114 valence electrons. The van der Waals surface area contributed by atoms with Crippen molar-refractivity contribution in [1.82, 2.24) is 15.1 Å². The van der Waals surface area contributed by atoms with E-state index in [1.54, 1.807) is 0 Å². The third-order valence-corrected chi connectivity index (χ3v) is 3.72. The highest BCUT2D eigenvalue weighted by Gasteiger charge is 2.30. The summed E-state index contributed by atoms with van der Waals surface area (Å²) in [7, 11) is 0. The van der Waals surface area contributed by atoms with Gasteiger partial charge in [0, 0.05) is 12.1 Å². The molecule has 4 nitrogen and oxygen atoms in total. The number of aromatic nitrogens is 3. The molecule has 2 heterocycles. The van der Waals surface area contributed by atoms with E-state index < -0.39 is 11.7 Å². The SMILES string of the molecule is CC(C)c1noc(C(C)Sc2ccc(C(F)(F)F)cn2)n1. The molecule has 21 heavy (non-hydrogen) atoms. The summed E-state index contributed by atoms with van der Waals surface area (Å²) in [6, 6.07) is 2.35. The molecular weight excluding hydrogens is 303 g/mol. The molecule has 2 aromatic heterocycles. The van der Waals surface area contributed by atoms with Crippen molar-refractivity contribution in [3.8, 4) is 0 Å². The molecule has 0 saturated heterocycles. The summed E-state index contributed by atoms with van der Waals surface area (Å²) in [6.45, 7) is 5.73. The van der Waals surface area contributed by atoms with Crippen LogP contribution in [0.1, 0.15) is 49.2 Å². The second kappa shape index (κ2) is 6.05. The number of alkyl halides is 3. The summed E-state index contributed by atoms with van der Waals surface area (Å²) in [5.41, 5.74) is -0.764. The molecule has 0 aromatic carbocycles. The van der Waals surface area contributed by atoms with Crippen LogP contribution < -0.4 is 0 Å². The Morgan fingerprint density at radius 3 is 2.38 bits per heavy atom. The lowest BCUT2D eigenvalue weighted by Gasteiger charge is -2.08. The summed E-state index contributed by atoms with van der Waals surface area (Å²) in [5.74, 6) is 1.20. The Kier molecular flexibility index (Phi) is 4.55. The fourth-order valence-corrected chi connectivity index (χ4v) is 2.32. The number of hydrogen-bond acceptors (Lipinski definition) is 5. The smallest absolute Gasteiger partial charge is 0.338 e. The third kappa shape index (κ3) is 3.96. The first kappa shape index (κ1) is 15.8. The third-order valence-electron chi connectivity index (χ3n) is 2.68. The number of hydrogen-bond donors (Lipinski definition) is 0. The zero-order chi connectivity index (χ0) is 15.6. The van der Waals surface area contributed by atoms with Gasteiger partial charge in [-0.3, -0.25) is 0 Å². The summed E-state index contributed by atoms with van der Waals surface area (Å²) in [6.07, 6.45) is -3.55. The fourth-order valence-electron chi connectivity index (χ4n) is 1.50. The van der Waals surface area contributed by atoms with Crippen LogP contribution in [0, 0.1) is 0 Å². The van der Waals surface area contributed by atoms with Gasteiger partial charge in [0.1, 0.15) is 0 Å². The molecule has 2 rings (SSSR count). The first-order valence-corrected chi connectivity index (χ1v) is 7.18. The van der Waals surface area contributed by atoms with Gasteiger partial charge in [-0.15, -0.1) is 0 Å². The van der Waals surface area contributed by atoms with Crippen LogP contribution in [0.15, 0.2) is 27.9 Å². The second-order valence-electron chi connectivity index (χ2n) is 4.79. The molecule has 0 amide bonds. The van der Waals surface area contributed by atoms with Crippen LogP contribution in [0.2, 0.25) is 0 Å². The molecule has 0 bridgehead atoms. The van der Waals surface area contributed by atoms with Crippen molar-refractivity contribution >= 4 is 11.8 Å². The quantitative estimate of drug-likeness (QED) is 0.779. The summed E-state index contributed by atoms with van der Waals surface area (Å²) in [5, 5.41) is 4.14. The van der Waals surface area contributed by atoms with Crippen molar-refractivity contribution in [2.24, 2.45) is 0 Å². The van der Waals surface area contributed by atoms with Crippen LogP contribution in [-0.4, -0.2) is 15.1 Å². The lowest BCUT2D eigenvalue weighted by atomic mass is 10.2. The van der Waals surface area contributed by atoms with Crippen molar-refractivity contribution in [2.45, 2.75) is 43.1 Å².